The van der Waals surface area contributed by atoms with E-state index in [0.29, 0.717) is 17.4 Å². The molecule has 0 bridgehead atoms. The quantitative estimate of drug-likeness (QED) is 0.0211. The maximum atomic E-state index is 12.9. The van der Waals surface area contributed by atoms with Crippen LogP contribution in [-0.2, 0) is 33.3 Å². The Labute approximate surface area is 570 Å². The zero-order valence-electron chi connectivity index (χ0n) is 59.8. The summed E-state index contributed by atoms with van der Waals surface area (Å²) in [5, 5.41) is 9.76. The minimum atomic E-state index is -1.53. The van der Waals surface area contributed by atoms with Gasteiger partial charge in [-0.15, -0.1) is 0 Å². The lowest BCUT2D eigenvalue weighted by Crippen LogP contribution is -2.40. The summed E-state index contributed by atoms with van der Waals surface area (Å²) in [5.74, 6) is -2.08. The van der Waals surface area contributed by atoms with E-state index in [4.69, 9.17) is 18.9 Å². The van der Waals surface area contributed by atoms with Crippen LogP contribution in [0.15, 0.2) is 182 Å². The highest BCUT2D eigenvalue weighted by Gasteiger charge is 2.25. The number of unbranched alkanes of at least 4 members (excludes halogenated alkanes) is 21. The fourth-order valence-corrected chi connectivity index (χ4v) is 9.60. The number of likely N-dealkylation sites (N-methyl/N-ethyl adjacent to an activating group) is 1. The summed E-state index contributed by atoms with van der Waals surface area (Å²) in [4.78, 5) is 37.7. The standard InChI is InChI=1S/C84H135NO8/c1-6-8-10-12-14-16-18-20-22-24-26-28-30-32-34-36-38-40-41-43-44-46-48-50-52-54-56-58-60-62-64-66-68-70-72-74-81(86)91-78-80(79-92-84(83(88)89)90-77-76-85(3,4)5)93-82(87)75-73-71-69-67-65-63-61-59-57-55-53-51-49-47-45-42-39-37-35-33-31-29-27-25-23-21-19-17-15-13-11-9-7-2/h8-11,14-17,20-23,26-29,32-35,39,42,47,49,53,55,59,61,65,67,80,84H,6-7,12-13,18-19,24-25,30-31,36-38,40-41,43-46,48,50-52,54,56-58,60,62-64,66,68-79H2,1-5H3/p+1/b10-8-,11-9-,16-14-,17-15-,22-20-,23-21-,28-26-,29-27-,34-32-,35-33-,42-39-,49-47-,55-53-,61-59-,67-65-. The molecular weight excluding hydrogens is 1150 g/mol. The number of hydrogen-bond donors (Lipinski definition) is 1. The van der Waals surface area contributed by atoms with E-state index in [1.165, 1.54) is 109 Å². The van der Waals surface area contributed by atoms with Crippen LogP contribution in [0.4, 0.5) is 0 Å². The van der Waals surface area contributed by atoms with Gasteiger partial charge >= 0.3 is 17.9 Å². The lowest BCUT2D eigenvalue weighted by Gasteiger charge is -2.25. The van der Waals surface area contributed by atoms with Gasteiger partial charge in [0.05, 0.1) is 34.4 Å². The van der Waals surface area contributed by atoms with Gasteiger partial charge < -0.3 is 28.5 Å². The molecule has 1 N–H and O–H groups in total. The molecule has 0 aliphatic rings. The molecule has 2 unspecified atom stereocenters. The van der Waals surface area contributed by atoms with Crippen LogP contribution < -0.4 is 0 Å². The number of carbonyl (C=O) groups is 3. The fraction of sp³-hybridized carbons (Fsp3) is 0.607. The summed E-state index contributed by atoms with van der Waals surface area (Å²) in [6.07, 6.45) is 107. The molecule has 524 valence electrons. The van der Waals surface area contributed by atoms with Crippen molar-refractivity contribution in [3.05, 3.63) is 182 Å². The number of allylic oxidation sites excluding steroid dienone is 30. The van der Waals surface area contributed by atoms with E-state index in [9.17, 15) is 19.5 Å². The molecule has 0 amide bonds. The third-order valence-electron chi connectivity index (χ3n) is 15.2. The van der Waals surface area contributed by atoms with Crippen molar-refractivity contribution < 1.29 is 42.9 Å². The number of esters is 2. The normalized spacial score (nSPS) is 13.8. The first kappa shape index (κ1) is 87.4. The first-order chi connectivity index (χ1) is 45.6. The van der Waals surface area contributed by atoms with Gasteiger partial charge in [0.15, 0.2) is 6.10 Å². The van der Waals surface area contributed by atoms with Gasteiger partial charge in [0.1, 0.15) is 13.2 Å². The Bertz CT molecular complexity index is 2190. The number of carbonyl (C=O) groups excluding carboxylic acids is 2. The van der Waals surface area contributed by atoms with E-state index in [2.05, 4.69) is 196 Å². The van der Waals surface area contributed by atoms with E-state index in [-0.39, 0.29) is 38.6 Å². The molecular formula is C84H136NO8+. The number of rotatable bonds is 66. The highest BCUT2D eigenvalue weighted by molar-refractivity contribution is 5.71. The second-order valence-corrected chi connectivity index (χ2v) is 25.1. The van der Waals surface area contributed by atoms with E-state index in [1.807, 2.05) is 21.1 Å². The monoisotopic (exact) mass is 1290 g/mol. The number of aliphatic carboxylic acids is 1. The highest BCUT2D eigenvalue weighted by Crippen LogP contribution is 2.17. The molecule has 0 aromatic rings. The highest BCUT2D eigenvalue weighted by atomic mass is 16.7. The molecule has 0 rings (SSSR count). The van der Waals surface area contributed by atoms with Gasteiger partial charge in [-0.1, -0.05) is 305 Å². The largest absolute Gasteiger partial charge is 0.477 e. The summed E-state index contributed by atoms with van der Waals surface area (Å²) in [5.41, 5.74) is 0. The molecule has 0 aromatic heterocycles. The SMILES string of the molecule is CC/C=C\C/C=C\C/C=C\C/C=C\C/C=C\C/C=C\C/C=C\C/C=C\C/C=C\C/C=C\CCCCC(=O)OC(COC(=O)CCCCCCCCCCCCCCCCCCCCC/C=C\C/C=C\C/C=C\C/C=C\C/C=C\CC)COC(OCC[N+](C)(C)C)C(=O)O. The maximum absolute atomic E-state index is 12.9. The van der Waals surface area contributed by atoms with Crippen LogP contribution in [-0.4, -0.2) is 87.4 Å². The van der Waals surface area contributed by atoms with Gasteiger partial charge in [-0.3, -0.25) is 9.59 Å². The van der Waals surface area contributed by atoms with E-state index in [1.54, 1.807) is 0 Å². The Morgan fingerprint density at radius 3 is 0.882 bits per heavy atom. The zero-order chi connectivity index (χ0) is 67.5. The Kier molecular flexibility index (Phi) is 67.9. The van der Waals surface area contributed by atoms with E-state index < -0.39 is 24.3 Å². The fourth-order valence-electron chi connectivity index (χ4n) is 9.60. The van der Waals surface area contributed by atoms with Crippen LogP contribution in [0.1, 0.15) is 271 Å². The van der Waals surface area contributed by atoms with Crippen LogP contribution in [0.5, 0.6) is 0 Å². The third kappa shape index (κ3) is 73.7. The van der Waals surface area contributed by atoms with Crippen LogP contribution in [0, 0.1) is 0 Å². The molecule has 0 spiro atoms. The number of quaternary nitrogens is 1. The molecule has 0 fully saturated rings. The number of carboxylic acids is 1. The van der Waals surface area contributed by atoms with Crippen molar-refractivity contribution in [2.75, 3.05) is 47.5 Å². The van der Waals surface area contributed by atoms with Crippen molar-refractivity contribution >= 4 is 17.9 Å². The summed E-state index contributed by atoms with van der Waals surface area (Å²) >= 11 is 0. The second kappa shape index (κ2) is 72.2. The van der Waals surface area contributed by atoms with Crippen LogP contribution >= 0.6 is 0 Å². The average Bonchev–Trinajstić information content (AvgIpc) is 3.74. The summed E-state index contributed by atoms with van der Waals surface area (Å²) in [6.45, 7) is 4.59. The first-order valence-corrected chi connectivity index (χ1v) is 36.9. The van der Waals surface area contributed by atoms with E-state index in [0.717, 1.165) is 128 Å². The maximum Gasteiger partial charge on any atom is 0.361 e. The smallest absolute Gasteiger partial charge is 0.361 e. The Morgan fingerprint density at radius 2 is 0.581 bits per heavy atom. The molecule has 0 radical (unpaired) electrons. The molecule has 93 heavy (non-hydrogen) atoms. The lowest BCUT2D eigenvalue weighted by molar-refractivity contribution is -0.870. The van der Waals surface area contributed by atoms with Gasteiger partial charge in [0, 0.05) is 12.8 Å². The van der Waals surface area contributed by atoms with Gasteiger partial charge in [-0.2, -0.15) is 0 Å². The average molecular weight is 1290 g/mol. The van der Waals surface area contributed by atoms with Crippen LogP contribution in [0.25, 0.3) is 0 Å². The number of nitrogens with zero attached hydrogens (tertiary/aromatic N) is 1. The molecule has 0 aliphatic carbocycles. The second-order valence-electron chi connectivity index (χ2n) is 25.1. The van der Waals surface area contributed by atoms with Crippen molar-refractivity contribution in [2.24, 2.45) is 0 Å². The molecule has 2 atom stereocenters. The van der Waals surface area contributed by atoms with Gasteiger partial charge in [0.2, 0.25) is 0 Å². The predicted molar refractivity (Wildman–Crippen MR) is 400 cm³/mol. The number of hydrogen-bond acceptors (Lipinski definition) is 7. The molecule has 0 saturated heterocycles. The predicted octanol–water partition coefficient (Wildman–Crippen LogP) is 23.6. The minimum Gasteiger partial charge on any atom is -0.477 e. The summed E-state index contributed by atoms with van der Waals surface area (Å²) < 4.78 is 22.9. The zero-order valence-corrected chi connectivity index (χ0v) is 59.8. The van der Waals surface area contributed by atoms with Gasteiger partial charge in [-0.05, 0) is 135 Å². The van der Waals surface area contributed by atoms with Crippen molar-refractivity contribution in [1.82, 2.24) is 0 Å². The summed E-state index contributed by atoms with van der Waals surface area (Å²) in [7, 11) is 5.95. The van der Waals surface area contributed by atoms with Crippen molar-refractivity contribution in [3.63, 3.8) is 0 Å². The van der Waals surface area contributed by atoms with Gasteiger partial charge in [0.25, 0.3) is 6.29 Å². The molecule has 0 aromatic carbocycles. The Hall–Kier alpha value is -5.61. The topological polar surface area (TPSA) is 108 Å². The molecule has 0 heterocycles. The van der Waals surface area contributed by atoms with Crippen LogP contribution in [0.2, 0.25) is 0 Å². The third-order valence-corrected chi connectivity index (χ3v) is 15.2. The Balaban J connectivity index is 4.20. The van der Waals surface area contributed by atoms with Gasteiger partial charge in [-0.25, -0.2) is 4.79 Å². The molecule has 9 nitrogen and oxygen atoms in total. The van der Waals surface area contributed by atoms with Crippen molar-refractivity contribution in [1.29, 1.82) is 0 Å². The molecule has 0 saturated carbocycles. The number of carboxylic acid groups (broad SMARTS) is 1. The number of ether oxygens (including phenoxy) is 4. The van der Waals surface area contributed by atoms with Crippen LogP contribution in [0.3, 0.4) is 0 Å². The molecule has 9 heteroatoms. The molecule has 0 aliphatic heterocycles. The summed E-state index contributed by atoms with van der Waals surface area (Å²) in [6, 6.07) is 0. The van der Waals surface area contributed by atoms with Crippen molar-refractivity contribution in [3.8, 4) is 0 Å². The first-order valence-electron chi connectivity index (χ1n) is 36.9. The lowest BCUT2D eigenvalue weighted by atomic mass is 10.0. The van der Waals surface area contributed by atoms with E-state index >= 15 is 0 Å². The Morgan fingerprint density at radius 1 is 0.323 bits per heavy atom. The minimum absolute atomic E-state index is 0.170. The van der Waals surface area contributed by atoms with Crippen molar-refractivity contribution in [2.45, 2.75) is 283 Å².